The van der Waals surface area contributed by atoms with E-state index in [1.807, 2.05) is 54.3 Å². The van der Waals surface area contributed by atoms with Crippen molar-refractivity contribution in [2.24, 2.45) is 0 Å². The number of aliphatic hydroxyl groups is 2. The van der Waals surface area contributed by atoms with Crippen LogP contribution in [0.15, 0.2) is 48.5 Å². The molecule has 0 unspecified atom stereocenters. The summed E-state index contributed by atoms with van der Waals surface area (Å²) in [6, 6.07) is 15.7. The molecule has 2 heterocycles. The molecule has 2 fully saturated rings. The number of benzene rings is 2. The molecule has 2 aliphatic heterocycles. The number of piperidine rings is 1. The summed E-state index contributed by atoms with van der Waals surface area (Å²) in [6.07, 6.45) is 4.38. The monoisotopic (exact) mass is 496 g/mol. The van der Waals surface area contributed by atoms with E-state index in [0.29, 0.717) is 44.8 Å². The molecule has 1 amide bonds. The summed E-state index contributed by atoms with van der Waals surface area (Å²) in [5.74, 6) is 1.77. The van der Waals surface area contributed by atoms with Gasteiger partial charge in [-0.2, -0.15) is 0 Å². The van der Waals surface area contributed by atoms with Crippen LogP contribution in [0, 0.1) is 6.92 Å². The number of likely N-dealkylation sites (tertiary alicyclic amines) is 2. The third kappa shape index (κ3) is 7.45. The van der Waals surface area contributed by atoms with Gasteiger partial charge in [0.05, 0.1) is 12.7 Å². The molecular weight excluding hydrogens is 456 g/mol. The van der Waals surface area contributed by atoms with Crippen LogP contribution in [0.1, 0.15) is 49.7 Å². The van der Waals surface area contributed by atoms with Crippen LogP contribution in [0.25, 0.3) is 0 Å². The van der Waals surface area contributed by atoms with E-state index < -0.39 is 11.7 Å². The number of carbonyl (C=O) groups is 1. The van der Waals surface area contributed by atoms with Gasteiger partial charge in [-0.1, -0.05) is 30.7 Å². The molecule has 2 aromatic carbocycles. The molecule has 0 aromatic heterocycles. The SMILES string of the molecule is Cc1cccc(OC[C@@]2(O)CN(Cc3cccc(OCCCN4CCCCCC4=O)c3)CC[C@@H]2O)c1. The Kier molecular flexibility index (Phi) is 9.24. The highest BCUT2D eigenvalue weighted by Gasteiger charge is 2.42. The van der Waals surface area contributed by atoms with Gasteiger partial charge in [0.15, 0.2) is 0 Å². The van der Waals surface area contributed by atoms with E-state index in [-0.39, 0.29) is 12.5 Å². The van der Waals surface area contributed by atoms with Crippen LogP contribution in [0.4, 0.5) is 0 Å². The van der Waals surface area contributed by atoms with Crippen LogP contribution in [0.5, 0.6) is 11.5 Å². The number of hydrogen-bond donors (Lipinski definition) is 2. The molecule has 0 radical (unpaired) electrons. The number of hydrogen-bond acceptors (Lipinski definition) is 6. The Morgan fingerprint density at radius 1 is 1.03 bits per heavy atom. The fourth-order valence-electron chi connectivity index (χ4n) is 5.05. The molecule has 0 aliphatic carbocycles. The first kappa shape index (κ1) is 26.5. The molecule has 2 saturated heterocycles. The average Bonchev–Trinajstić information content (AvgIpc) is 3.07. The summed E-state index contributed by atoms with van der Waals surface area (Å²) in [6.45, 7) is 5.89. The average molecular weight is 497 g/mol. The van der Waals surface area contributed by atoms with E-state index in [1.165, 1.54) is 0 Å². The lowest BCUT2D eigenvalue weighted by molar-refractivity contribution is -0.140. The predicted octanol–water partition coefficient (Wildman–Crippen LogP) is 3.54. The van der Waals surface area contributed by atoms with Crippen LogP contribution >= 0.6 is 0 Å². The van der Waals surface area contributed by atoms with Crippen molar-refractivity contribution < 1.29 is 24.5 Å². The van der Waals surface area contributed by atoms with Gasteiger partial charge in [-0.05, 0) is 68.0 Å². The summed E-state index contributed by atoms with van der Waals surface area (Å²) >= 11 is 0. The van der Waals surface area contributed by atoms with Gasteiger partial charge >= 0.3 is 0 Å². The molecule has 4 rings (SSSR count). The van der Waals surface area contributed by atoms with Gasteiger partial charge in [-0.3, -0.25) is 9.69 Å². The Morgan fingerprint density at radius 2 is 1.83 bits per heavy atom. The number of aryl methyl sites for hydroxylation is 1. The normalized spacial score (nSPS) is 23.4. The fourth-order valence-corrected chi connectivity index (χ4v) is 5.05. The van der Waals surface area contributed by atoms with E-state index in [2.05, 4.69) is 11.0 Å². The van der Waals surface area contributed by atoms with Crippen molar-refractivity contribution in [3.8, 4) is 11.5 Å². The van der Waals surface area contributed by atoms with Gasteiger partial charge in [-0.15, -0.1) is 0 Å². The number of amides is 1. The van der Waals surface area contributed by atoms with Crippen LogP contribution < -0.4 is 9.47 Å². The van der Waals surface area contributed by atoms with Crippen LogP contribution in [-0.2, 0) is 11.3 Å². The summed E-state index contributed by atoms with van der Waals surface area (Å²) in [7, 11) is 0. The molecule has 7 heteroatoms. The molecule has 2 atom stereocenters. The summed E-state index contributed by atoms with van der Waals surface area (Å²) in [4.78, 5) is 16.3. The second-order valence-corrected chi connectivity index (χ2v) is 10.3. The lowest BCUT2D eigenvalue weighted by Gasteiger charge is -2.42. The van der Waals surface area contributed by atoms with Crippen molar-refractivity contribution in [3.63, 3.8) is 0 Å². The highest BCUT2D eigenvalue weighted by molar-refractivity contribution is 5.76. The molecule has 0 bridgehead atoms. The van der Waals surface area contributed by atoms with E-state index >= 15 is 0 Å². The van der Waals surface area contributed by atoms with Gasteiger partial charge in [0, 0.05) is 39.1 Å². The topological polar surface area (TPSA) is 82.5 Å². The highest BCUT2D eigenvalue weighted by atomic mass is 16.5. The fraction of sp³-hybridized carbons (Fsp3) is 0.552. The summed E-state index contributed by atoms with van der Waals surface area (Å²) in [5, 5.41) is 21.7. The quantitative estimate of drug-likeness (QED) is 0.490. The number of β-amino-alcohol motifs (C(OH)–C–C–N with tert-alkyl or cyclic N) is 1. The molecule has 0 spiro atoms. The van der Waals surface area contributed by atoms with Gasteiger partial charge in [0.25, 0.3) is 0 Å². The second-order valence-electron chi connectivity index (χ2n) is 10.3. The number of nitrogens with zero attached hydrogens (tertiary/aromatic N) is 2. The largest absolute Gasteiger partial charge is 0.494 e. The number of aliphatic hydroxyl groups excluding tert-OH is 1. The maximum atomic E-state index is 12.1. The van der Waals surface area contributed by atoms with Crippen LogP contribution in [-0.4, -0.2) is 77.0 Å². The van der Waals surface area contributed by atoms with Crippen molar-refractivity contribution in [2.45, 2.75) is 63.7 Å². The third-order valence-electron chi connectivity index (χ3n) is 7.13. The predicted molar refractivity (Wildman–Crippen MR) is 139 cm³/mol. The zero-order valence-electron chi connectivity index (χ0n) is 21.4. The first-order chi connectivity index (χ1) is 17.4. The van der Waals surface area contributed by atoms with E-state index in [9.17, 15) is 15.0 Å². The Hall–Kier alpha value is -2.61. The van der Waals surface area contributed by atoms with Crippen molar-refractivity contribution >= 4 is 5.91 Å². The van der Waals surface area contributed by atoms with Crippen molar-refractivity contribution in [1.29, 1.82) is 0 Å². The van der Waals surface area contributed by atoms with E-state index in [0.717, 1.165) is 55.6 Å². The lowest BCUT2D eigenvalue weighted by Crippen LogP contribution is -2.59. The highest BCUT2D eigenvalue weighted by Crippen LogP contribution is 2.26. The molecule has 0 saturated carbocycles. The van der Waals surface area contributed by atoms with Crippen LogP contribution in [0.2, 0.25) is 0 Å². The number of carbonyl (C=O) groups excluding carboxylic acids is 1. The van der Waals surface area contributed by atoms with Gasteiger partial charge in [-0.25, -0.2) is 0 Å². The third-order valence-corrected chi connectivity index (χ3v) is 7.13. The zero-order valence-corrected chi connectivity index (χ0v) is 21.4. The maximum absolute atomic E-state index is 12.1. The van der Waals surface area contributed by atoms with Gasteiger partial charge < -0.3 is 24.6 Å². The minimum atomic E-state index is -1.33. The molecule has 36 heavy (non-hydrogen) atoms. The summed E-state index contributed by atoms with van der Waals surface area (Å²) in [5.41, 5.74) is 0.845. The van der Waals surface area contributed by atoms with E-state index in [1.54, 1.807) is 0 Å². The zero-order chi connectivity index (χ0) is 25.4. The standard InChI is InChI=1S/C29H40N2O5/c1-23-8-5-10-25(18-23)36-22-29(34)21-30(16-13-27(29)32)20-24-9-6-11-26(19-24)35-17-7-15-31-14-4-2-3-12-28(31)33/h5-6,8-11,18-19,27,32,34H,2-4,7,12-17,20-22H2,1H3/t27-,29-/m0/s1. The molecular formula is C29H40N2O5. The maximum Gasteiger partial charge on any atom is 0.222 e. The Balaban J connectivity index is 1.26. The minimum Gasteiger partial charge on any atom is -0.494 e. The molecule has 7 nitrogen and oxygen atoms in total. The molecule has 2 N–H and O–H groups in total. The van der Waals surface area contributed by atoms with Gasteiger partial charge in [0.2, 0.25) is 5.91 Å². The Bertz CT molecular complexity index is 999. The Morgan fingerprint density at radius 3 is 2.67 bits per heavy atom. The van der Waals surface area contributed by atoms with E-state index in [4.69, 9.17) is 9.47 Å². The van der Waals surface area contributed by atoms with Crippen molar-refractivity contribution in [2.75, 3.05) is 39.4 Å². The van der Waals surface area contributed by atoms with Crippen molar-refractivity contribution in [3.05, 3.63) is 59.7 Å². The minimum absolute atomic E-state index is 0.0385. The lowest BCUT2D eigenvalue weighted by atomic mass is 9.90. The number of ether oxygens (including phenoxy) is 2. The van der Waals surface area contributed by atoms with Gasteiger partial charge in [0.1, 0.15) is 23.7 Å². The Labute approximate surface area is 214 Å². The van der Waals surface area contributed by atoms with Crippen LogP contribution in [0.3, 0.4) is 0 Å². The molecule has 2 aliphatic rings. The first-order valence-corrected chi connectivity index (χ1v) is 13.2. The molecule has 2 aromatic rings. The summed E-state index contributed by atoms with van der Waals surface area (Å²) < 4.78 is 11.8. The number of rotatable bonds is 10. The molecule has 196 valence electrons. The second kappa shape index (κ2) is 12.6. The first-order valence-electron chi connectivity index (χ1n) is 13.2. The van der Waals surface area contributed by atoms with Crippen molar-refractivity contribution in [1.82, 2.24) is 9.80 Å². The smallest absolute Gasteiger partial charge is 0.222 e.